The Balaban J connectivity index is 2.08. The lowest BCUT2D eigenvalue weighted by Gasteiger charge is -2.27. The molecule has 21 heavy (non-hydrogen) atoms. The van der Waals surface area contributed by atoms with E-state index >= 15 is 0 Å². The molecule has 1 fully saturated rings. The molecule has 3 N–H and O–H groups in total. The van der Waals surface area contributed by atoms with Crippen LogP contribution in [0.15, 0.2) is 42.7 Å². The van der Waals surface area contributed by atoms with Crippen LogP contribution in [0.1, 0.15) is 6.42 Å². The SMILES string of the molecule is C=C1OC(=O)[C@@H](N)CCOC[C@H](Oc2ccccc2)[C@H]1O. The third-order valence-corrected chi connectivity index (χ3v) is 3.10. The maximum absolute atomic E-state index is 11.6. The second-order valence-corrected chi connectivity index (χ2v) is 4.77. The topological polar surface area (TPSA) is 91.0 Å². The molecule has 0 spiro atoms. The van der Waals surface area contributed by atoms with Gasteiger partial charge in [-0.3, -0.25) is 0 Å². The van der Waals surface area contributed by atoms with Gasteiger partial charge in [-0.25, -0.2) is 4.79 Å². The summed E-state index contributed by atoms with van der Waals surface area (Å²) in [4.78, 5) is 11.6. The largest absolute Gasteiger partial charge is 0.485 e. The molecule has 1 heterocycles. The number of rotatable bonds is 2. The molecule has 0 bridgehead atoms. The second kappa shape index (κ2) is 7.21. The number of benzene rings is 1. The Bertz CT molecular complexity index is 490. The van der Waals surface area contributed by atoms with Crippen LogP contribution in [0.4, 0.5) is 0 Å². The Morgan fingerprint density at radius 1 is 1.33 bits per heavy atom. The van der Waals surface area contributed by atoms with Crippen LogP contribution in [0, 0.1) is 0 Å². The summed E-state index contributed by atoms with van der Waals surface area (Å²) in [6, 6.07) is 8.22. The van der Waals surface area contributed by atoms with E-state index < -0.39 is 24.2 Å². The van der Waals surface area contributed by atoms with Gasteiger partial charge in [-0.2, -0.15) is 0 Å². The summed E-state index contributed by atoms with van der Waals surface area (Å²) < 4.78 is 16.1. The van der Waals surface area contributed by atoms with Crippen molar-refractivity contribution in [3.05, 3.63) is 42.7 Å². The summed E-state index contributed by atoms with van der Waals surface area (Å²) in [5.41, 5.74) is 5.63. The first-order valence-electron chi connectivity index (χ1n) is 6.71. The third kappa shape index (κ3) is 4.29. The highest BCUT2D eigenvalue weighted by molar-refractivity contribution is 5.76. The van der Waals surface area contributed by atoms with Crippen molar-refractivity contribution in [1.82, 2.24) is 0 Å². The van der Waals surface area contributed by atoms with Crippen LogP contribution in [0.5, 0.6) is 5.75 Å². The lowest BCUT2D eigenvalue weighted by molar-refractivity contribution is -0.145. The molecule has 6 nitrogen and oxygen atoms in total. The molecule has 114 valence electrons. The van der Waals surface area contributed by atoms with E-state index in [9.17, 15) is 9.90 Å². The van der Waals surface area contributed by atoms with Crippen molar-refractivity contribution in [2.75, 3.05) is 13.2 Å². The average molecular weight is 293 g/mol. The lowest BCUT2D eigenvalue weighted by Crippen LogP contribution is -2.42. The van der Waals surface area contributed by atoms with E-state index in [1.165, 1.54) is 0 Å². The van der Waals surface area contributed by atoms with Gasteiger partial charge >= 0.3 is 5.97 Å². The van der Waals surface area contributed by atoms with Crippen LogP contribution in [0.25, 0.3) is 0 Å². The molecule has 6 heteroatoms. The molecule has 1 aliphatic rings. The molecule has 1 aromatic carbocycles. The van der Waals surface area contributed by atoms with Gasteiger partial charge in [-0.1, -0.05) is 24.8 Å². The van der Waals surface area contributed by atoms with Gasteiger partial charge in [0.25, 0.3) is 0 Å². The average Bonchev–Trinajstić information content (AvgIpc) is 2.49. The zero-order valence-corrected chi connectivity index (χ0v) is 11.6. The maximum Gasteiger partial charge on any atom is 0.328 e. The Morgan fingerprint density at radius 2 is 2.05 bits per heavy atom. The molecular formula is C15H19NO5. The fraction of sp³-hybridized carbons (Fsp3) is 0.400. The van der Waals surface area contributed by atoms with Crippen molar-refractivity contribution >= 4 is 5.97 Å². The van der Waals surface area contributed by atoms with Gasteiger partial charge in [0.05, 0.1) is 6.61 Å². The van der Waals surface area contributed by atoms with E-state index in [1.54, 1.807) is 12.1 Å². The molecule has 0 aliphatic carbocycles. The molecular weight excluding hydrogens is 274 g/mol. The summed E-state index contributed by atoms with van der Waals surface area (Å²) in [5, 5.41) is 10.2. The monoisotopic (exact) mass is 293 g/mol. The zero-order valence-electron chi connectivity index (χ0n) is 11.6. The van der Waals surface area contributed by atoms with Gasteiger partial charge in [-0.05, 0) is 18.6 Å². The van der Waals surface area contributed by atoms with E-state index in [1.807, 2.05) is 18.2 Å². The van der Waals surface area contributed by atoms with Crippen molar-refractivity contribution in [1.29, 1.82) is 0 Å². The molecule has 1 saturated heterocycles. The lowest BCUT2D eigenvalue weighted by atomic mass is 10.1. The van der Waals surface area contributed by atoms with Crippen molar-refractivity contribution < 1.29 is 24.1 Å². The van der Waals surface area contributed by atoms with Crippen LogP contribution in [0.2, 0.25) is 0 Å². The number of carbonyl (C=O) groups is 1. The van der Waals surface area contributed by atoms with E-state index in [0.717, 1.165) is 0 Å². The van der Waals surface area contributed by atoms with Gasteiger partial charge < -0.3 is 25.1 Å². The van der Waals surface area contributed by atoms with Crippen molar-refractivity contribution in [2.45, 2.75) is 24.7 Å². The predicted molar refractivity (Wildman–Crippen MR) is 75.5 cm³/mol. The predicted octanol–water partition coefficient (Wildman–Crippen LogP) is 0.599. The number of carbonyl (C=O) groups excluding carboxylic acids is 1. The van der Waals surface area contributed by atoms with Gasteiger partial charge in [0.15, 0.2) is 12.2 Å². The number of hydrogen-bond donors (Lipinski definition) is 2. The minimum Gasteiger partial charge on any atom is -0.485 e. The Labute approximate surface area is 123 Å². The van der Waals surface area contributed by atoms with Crippen molar-refractivity contribution in [2.24, 2.45) is 5.73 Å². The Hall–Kier alpha value is -1.89. The van der Waals surface area contributed by atoms with Gasteiger partial charge in [-0.15, -0.1) is 0 Å². The molecule has 3 atom stereocenters. The first kappa shape index (κ1) is 15.5. The highest BCUT2D eigenvalue weighted by Crippen LogP contribution is 2.18. The summed E-state index contributed by atoms with van der Waals surface area (Å²) >= 11 is 0. The number of ether oxygens (including phenoxy) is 3. The standard InChI is InChI=1S/C15H19NO5/c1-10-14(17)13(21-11-5-3-2-4-6-11)9-19-8-7-12(16)15(18)20-10/h2-6,12-14,17H,1,7-9,16H2/t12-,13-,14-/m0/s1. The number of cyclic esters (lactones) is 1. The normalized spacial score (nSPS) is 27.8. The van der Waals surface area contributed by atoms with Crippen LogP contribution >= 0.6 is 0 Å². The molecule has 1 aromatic rings. The second-order valence-electron chi connectivity index (χ2n) is 4.77. The zero-order chi connectivity index (χ0) is 15.2. The number of aliphatic hydroxyl groups excluding tert-OH is 1. The Kier molecular flexibility index (Phi) is 5.32. The first-order valence-corrected chi connectivity index (χ1v) is 6.71. The Morgan fingerprint density at radius 3 is 2.76 bits per heavy atom. The van der Waals surface area contributed by atoms with Crippen LogP contribution in [0.3, 0.4) is 0 Å². The fourth-order valence-electron chi connectivity index (χ4n) is 1.86. The summed E-state index contributed by atoms with van der Waals surface area (Å²) in [6.45, 7) is 3.98. The third-order valence-electron chi connectivity index (χ3n) is 3.10. The van der Waals surface area contributed by atoms with E-state index in [0.29, 0.717) is 12.2 Å². The molecule has 0 amide bonds. The molecule has 0 saturated carbocycles. The summed E-state index contributed by atoms with van der Waals surface area (Å²) in [7, 11) is 0. The minimum atomic E-state index is -1.19. The molecule has 1 aliphatic heterocycles. The number of esters is 1. The minimum absolute atomic E-state index is 0.0955. The first-order chi connectivity index (χ1) is 10.1. The fourth-order valence-corrected chi connectivity index (χ4v) is 1.86. The number of para-hydroxylation sites is 1. The number of hydrogen-bond acceptors (Lipinski definition) is 6. The molecule has 2 rings (SSSR count). The van der Waals surface area contributed by atoms with Crippen LogP contribution in [-0.2, 0) is 14.3 Å². The maximum atomic E-state index is 11.6. The quantitative estimate of drug-likeness (QED) is 0.776. The van der Waals surface area contributed by atoms with E-state index in [2.05, 4.69) is 6.58 Å². The van der Waals surface area contributed by atoms with Gasteiger partial charge in [0.2, 0.25) is 0 Å². The summed E-state index contributed by atoms with van der Waals surface area (Å²) in [6.07, 6.45) is -1.58. The van der Waals surface area contributed by atoms with Crippen LogP contribution in [-0.4, -0.2) is 42.5 Å². The molecule has 0 aromatic heterocycles. The smallest absolute Gasteiger partial charge is 0.328 e. The van der Waals surface area contributed by atoms with Crippen molar-refractivity contribution in [3.8, 4) is 5.75 Å². The molecule has 0 unspecified atom stereocenters. The highest BCUT2D eigenvalue weighted by atomic mass is 16.6. The number of nitrogens with two attached hydrogens (primary N) is 1. The van der Waals surface area contributed by atoms with Crippen molar-refractivity contribution in [3.63, 3.8) is 0 Å². The molecule has 0 radical (unpaired) electrons. The summed E-state index contributed by atoms with van der Waals surface area (Å²) in [5.74, 6) is -0.150. The van der Waals surface area contributed by atoms with E-state index in [-0.39, 0.29) is 19.0 Å². The van der Waals surface area contributed by atoms with Gasteiger partial charge in [0, 0.05) is 6.61 Å². The highest BCUT2D eigenvalue weighted by Gasteiger charge is 2.29. The number of aliphatic hydroxyl groups is 1. The van der Waals surface area contributed by atoms with Crippen LogP contribution < -0.4 is 10.5 Å². The van der Waals surface area contributed by atoms with Gasteiger partial charge in [0.1, 0.15) is 17.6 Å². The van der Waals surface area contributed by atoms with E-state index in [4.69, 9.17) is 19.9 Å².